The molecule has 2 saturated heterocycles. The number of nitro groups is 1. The van der Waals surface area contributed by atoms with Crippen molar-refractivity contribution in [2.45, 2.75) is 19.0 Å². The topological polar surface area (TPSA) is 61.7 Å². The van der Waals surface area contributed by atoms with E-state index in [1.54, 1.807) is 0 Å². The molecule has 1 N–H and O–H groups in total. The molecule has 0 bridgehead atoms. The molecule has 6 nitrogen and oxygen atoms in total. The number of nitrogens with one attached hydrogen (secondary N) is 1. The van der Waals surface area contributed by atoms with Crippen molar-refractivity contribution in [1.29, 1.82) is 0 Å². The molecule has 2 aliphatic heterocycles. The first-order chi connectivity index (χ1) is 6.79. The van der Waals surface area contributed by atoms with Crippen LogP contribution in [0.25, 0.3) is 0 Å². The van der Waals surface area contributed by atoms with Crippen molar-refractivity contribution >= 4 is 0 Å². The normalized spacial score (nSPS) is 29.4. The van der Waals surface area contributed by atoms with Crippen molar-refractivity contribution in [1.82, 2.24) is 15.2 Å². The summed E-state index contributed by atoms with van der Waals surface area (Å²) in [5.41, 5.74) is 0. The van der Waals surface area contributed by atoms with Gasteiger partial charge in [0.2, 0.25) is 0 Å². The average molecular weight is 200 g/mol. The summed E-state index contributed by atoms with van der Waals surface area (Å²) in [6.45, 7) is 4.34. The zero-order valence-corrected chi connectivity index (χ0v) is 8.19. The van der Waals surface area contributed by atoms with Crippen LogP contribution in [0.5, 0.6) is 0 Å². The van der Waals surface area contributed by atoms with E-state index in [1.165, 1.54) is 5.01 Å². The lowest BCUT2D eigenvalue weighted by molar-refractivity contribution is -0.664. The zero-order valence-electron chi connectivity index (χ0n) is 8.19. The van der Waals surface area contributed by atoms with Crippen LogP contribution in [0.3, 0.4) is 0 Å². The summed E-state index contributed by atoms with van der Waals surface area (Å²) in [4.78, 5) is 13.0. The molecule has 0 aliphatic carbocycles. The van der Waals surface area contributed by atoms with Crippen LogP contribution >= 0.6 is 0 Å². The summed E-state index contributed by atoms with van der Waals surface area (Å²) < 4.78 is 0. The van der Waals surface area contributed by atoms with E-state index < -0.39 is 0 Å². The van der Waals surface area contributed by atoms with E-state index in [0.29, 0.717) is 6.54 Å². The van der Waals surface area contributed by atoms with E-state index in [2.05, 4.69) is 10.2 Å². The SMILES string of the molecule is O=[N+]([O-])N1CCCC1N1CCNCC1. The summed E-state index contributed by atoms with van der Waals surface area (Å²) in [5.74, 6) is 0. The van der Waals surface area contributed by atoms with Gasteiger partial charge in [-0.05, 0) is 12.8 Å². The number of rotatable bonds is 2. The van der Waals surface area contributed by atoms with Crippen LogP contribution in [0.2, 0.25) is 0 Å². The highest BCUT2D eigenvalue weighted by Gasteiger charge is 2.36. The lowest BCUT2D eigenvalue weighted by Crippen LogP contribution is -2.54. The van der Waals surface area contributed by atoms with Crippen molar-refractivity contribution in [2.24, 2.45) is 0 Å². The second kappa shape index (κ2) is 4.10. The summed E-state index contributed by atoms with van der Waals surface area (Å²) in [6, 6.07) is 0. The third kappa shape index (κ3) is 1.80. The first-order valence-electron chi connectivity index (χ1n) is 5.15. The standard InChI is InChI=1S/C8H16N4O2/c13-12(14)11-5-1-2-8(11)10-6-3-9-4-7-10/h8-9H,1-7H2. The molecule has 6 heteroatoms. The van der Waals surface area contributed by atoms with Crippen molar-refractivity contribution in [3.63, 3.8) is 0 Å². The maximum Gasteiger partial charge on any atom is 0.161 e. The van der Waals surface area contributed by atoms with Gasteiger partial charge >= 0.3 is 0 Å². The molecule has 2 aliphatic rings. The summed E-state index contributed by atoms with van der Waals surface area (Å²) in [6.07, 6.45) is 1.91. The van der Waals surface area contributed by atoms with Gasteiger partial charge in [0.15, 0.2) is 5.03 Å². The van der Waals surface area contributed by atoms with Gasteiger partial charge in [0, 0.05) is 26.2 Å². The molecule has 0 spiro atoms. The van der Waals surface area contributed by atoms with Gasteiger partial charge in [-0.3, -0.25) is 4.90 Å². The van der Waals surface area contributed by atoms with Gasteiger partial charge in [-0.1, -0.05) is 0 Å². The van der Waals surface area contributed by atoms with Crippen molar-refractivity contribution in [3.8, 4) is 0 Å². The van der Waals surface area contributed by atoms with Gasteiger partial charge in [0.25, 0.3) is 0 Å². The van der Waals surface area contributed by atoms with Gasteiger partial charge in [0.1, 0.15) is 6.17 Å². The Morgan fingerprint density at radius 2 is 2.00 bits per heavy atom. The van der Waals surface area contributed by atoms with Crippen molar-refractivity contribution in [3.05, 3.63) is 10.1 Å². The molecule has 2 fully saturated rings. The summed E-state index contributed by atoms with van der Waals surface area (Å²) in [5, 5.41) is 15.1. The number of nitrogens with zero attached hydrogens (tertiary/aromatic N) is 3. The fraction of sp³-hybridized carbons (Fsp3) is 1.00. The second-order valence-corrected chi connectivity index (χ2v) is 3.81. The Labute approximate surface area is 83.0 Å². The van der Waals surface area contributed by atoms with E-state index >= 15 is 0 Å². The molecule has 1 atom stereocenters. The van der Waals surface area contributed by atoms with Gasteiger partial charge in [-0.15, -0.1) is 5.01 Å². The Balaban J connectivity index is 1.97. The quantitative estimate of drug-likeness (QED) is 0.481. The van der Waals surface area contributed by atoms with Crippen molar-refractivity contribution < 1.29 is 5.03 Å². The Kier molecular flexibility index (Phi) is 2.83. The van der Waals surface area contributed by atoms with E-state index in [-0.39, 0.29) is 11.2 Å². The Morgan fingerprint density at radius 1 is 1.29 bits per heavy atom. The van der Waals surface area contributed by atoms with Crippen LogP contribution in [0.4, 0.5) is 0 Å². The molecular formula is C8H16N4O2. The van der Waals surface area contributed by atoms with Crippen LogP contribution in [-0.2, 0) is 0 Å². The molecule has 0 aromatic carbocycles. The molecule has 80 valence electrons. The third-order valence-electron chi connectivity index (χ3n) is 2.98. The monoisotopic (exact) mass is 200 g/mol. The number of hydrogen-bond donors (Lipinski definition) is 1. The van der Waals surface area contributed by atoms with E-state index in [9.17, 15) is 10.1 Å². The van der Waals surface area contributed by atoms with Crippen LogP contribution in [0.15, 0.2) is 0 Å². The number of piperazine rings is 1. The first-order valence-corrected chi connectivity index (χ1v) is 5.15. The van der Waals surface area contributed by atoms with E-state index in [4.69, 9.17) is 0 Å². The average Bonchev–Trinajstić information content (AvgIpc) is 2.67. The Morgan fingerprint density at radius 3 is 2.64 bits per heavy atom. The van der Waals surface area contributed by atoms with Gasteiger partial charge < -0.3 is 5.32 Å². The molecule has 0 radical (unpaired) electrons. The highest BCUT2D eigenvalue weighted by atomic mass is 16.7. The molecular weight excluding hydrogens is 184 g/mol. The maximum absolute atomic E-state index is 10.7. The summed E-state index contributed by atoms with van der Waals surface area (Å²) >= 11 is 0. The van der Waals surface area contributed by atoms with Crippen molar-refractivity contribution in [2.75, 3.05) is 32.7 Å². The molecule has 0 aromatic rings. The minimum atomic E-state index is -0.250. The third-order valence-corrected chi connectivity index (χ3v) is 2.98. The number of hydrazine groups is 1. The lowest BCUT2D eigenvalue weighted by Gasteiger charge is -2.33. The zero-order chi connectivity index (χ0) is 9.97. The highest BCUT2D eigenvalue weighted by molar-refractivity contribution is 4.78. The van der Waals surface area contributed by atoms with Crippen LogP contribution in [0, 0.1) is 10.1 Å². The molecule has 0 aromatic heterocycles. The molecule has 0 saturated carbocycles. The van der Waals surface area contributed by atoms with Crippen LogP contribution in [-0.4, -0.2) is 53.8 Å². The molecule has 2 rings (SSSR count). The predicted molar refractivity (Wildman–Crippen MR) is 51.2 cm³/mol. The fourth-order valence-electron chi connectivity index (χ4n) is 2.28. The number of hydrogen-bond acceptors (Lipinski definition) is 4. The highest BCUT2D eigenvalue weighted by Crippen LogP contribution is 2.20. The fourth-order valence-corrected chi connectivity index (χ4v) is 2.28. The van der Waals surface area contributed by atoms with Gasteiger partial charge in [-0.2, -0.15) is 0 Å². The molecule has 2 heterocycles. The van der Waals surface area contributed by atoms with E-state index in [0.717, 1.165) is 39.0 Å². The van der Waals surface area contributed by atoms with Gasteiger partial charge in [-0.25, -0.2) is 10.1 Å². The minimum Gasteiger partial charge on any atom is -0.314 e. The first kappa shape index (κ1) is 9.67. The Bertz CT molecular complexity index is 217. The molecule has 0 amide bonds. The second-order valence-electron chi connectivity index (χ2n) is 3.81. The minimum absolute atomic E-state index is 0.0344. The lowest BCUT2D eigenvalue weighted by atomic mass is 10.2. The summed E-state index contributed by atoms with van der Waals surface area (Å²) in [7, 11) is 0. The Hall–Kier alpha value is -0.880. The van der Waals surface area contributed by atoms with Crippen LogP contribution in [0.1, 0.15) is 12.8 Å². The molecule has 14 heavy (non-hydrogen) atoms. The molecule has 1 unspecified atom stereocenters. The largest absolute Gasteiger partial charge is 0.314 e. The maximum atomic E-state index is 10.7. The predicted octanol–water partition coefficient (Wildman–Crippen LogP) is -0.495. The smallest absolute Gasteiger partial charge is 0.161 e. The van der Waals surface area contributed by atoms with E-state index in [1.807, 2.05) is 0 Å². The van der Waals surface area contributed by atoms with Crippen LogP contribution < -0.4 is 5.32 Å². The van der Waals surface area contributed by atoms with Gasteiger partial charge in [0.05, 0.1) is 6.54 Å².